The van der Waals surface area contributed by atoms with Crippen molar-refractivity contribution in [3.8, 4) is 0 Å². The molecular weight excluding hydrogens is 557 g/mol. The summed E-state index contributed by atoms with van der Waals surface area (Å²) in [5, 5.41) is 11.6. The molecule has 0 bridgehead atoms. The van der Waals surface area contributed by atoms with Crippen molar-refractivity contribution in [1.29, 1.82) is 0 Å². The molecule has 1 amide bonds. The molecule has 0 spiro atoms. The van der Waals surface area contributed by atoms with Gasteiger partial charge in [0.15, 0.2) is 5.60 Å². The van der Waals surface area contributed by atoms with Gasteiger partial charge in [0.1, 0.15) is 5.78 Å². The van der Waals surface area contributed by atoms with E-state index in [0.29, 0.717) is 0 Å². The second-order valence-electron chi connectivity index (χ2n) is 7.41. The van der Waals surface area contributed by atoms with E-state index < -0.39 is 28.8 Å². The number of nitrogens with zero attached hydrogens (tertiary/aromatic N) is 1. The van der Waals surface area contributed by atoms with Crippen molar-refractivity contribution in [2.45, 2.75) is 24.6 Å². The third-order valence-corrected chi connectivity index (χ3v) is 6.56. The molecule has 0 saturated heterocycles. The Hall–Kier alpha value is -1.36. The first-order chi connectivity index (χ1) is 13.9. The predicted molar refractivity (Wildman–Crippen MR) is 114 cm³/mol. The van der Waals surface area contributed by atoms with Crippen LogP contribution in [0, 0.1) is 9.49 Å². The third kappa shape index (κ3) is 3.41. The maximum absolute atomic E-state index is 13.9. The van der Waals surface area contributed by atoms with Crippen molar-refractivity contribution in [3.63, 3.8) is 0 Å². The first kappa shape index (κ1) is 21.9. The summed E-state index contributed by atoms with van der Waals surface area (Å²) in [5.41, 5.74) is -4.53. The fourth-order valence-electron chi connectivity index (χ4n) is 4.01. The molecule has 1 unspecified atom stereocenters. The number of Topliss-reactive ketones (excluding diaryl/α,β-unsaturated/α-hetero) is 1. The van der Waals surface area contributed by atoms with Crippen molar-refractivity contribution >= 4 is 63.2 Å². The van der Waals surface area contributed by atoms with E-state index >= 15 is 0 Å². The minimum atomic E-state index is -4.82. The van der Waals surface area contributed by atoms with E-state index in [1.165, 1.54) is 24.3 Å². The monoisotopic (exact) mass is 569 g/mol. The predicted octanol–water partition coefficient (Wildman–Crippen LogP) is 5.18. The maximum Gasteiger partial charge on any atom is 0.416 e. The summed E-state index contributed by atoms with van der Waals surface area (Å²) in [5.74, 6) is -1.08. The van der Waals surface area contributed by atoms with Gasteiger partial charge in [-0.25, -0.2) is 0 Å². The Morgan fingerprint density at radius 3 is 2.40 bits per heavy atom. The number of hydrogen-bond acceptors (Lipinski definition) is 3. The summed E-state index contributed by atoms with van der Waals surface area (Å²) in [6.45, 7) is 0.0302. The standard InChI is InChI=1S/C20H13Cl2F3INO3/c21-10-1-2-13(15(22)5-10)19(30)17-14(20(23,24)25)6-11(26)7-16(17)27(18(19)29)8-9-3-12(28)4-9/h1-2,5-7,9,30H,3-4,8H2. The lowest BCUT2D eigenvalue weighted by molar-refractivity contribution is -0.142. The minimum Gasteiger partial charge on any atom is -0.372 e. The van der Waals surface area contributed by atoms with Crippen LogP contribution in [-0.4, -0.2) is 23.3 Å². The van der Waals surface area contributed by atoms with Gasteiger partial charge in [-0.2, -0.15) is 13.2 Å². The molecule has 1 saturated carbocycles. The van der Waals surface area contributed by atoms with Crippen LogP contribution in [0.1, 0.15) is 29.5 Å². The zero-order valence-electron chi connectivity index (χ0n) is 15.1. The van der Waals surface area contributed by atoms with Crippen LogP contribution < -0.4 is 4.90 Å². The summed E-state index contributed by atoms with van der Waals surface area (Å²) in [6.07, 6.45) is -4.33. The topological polar surface area (TPSA) is 57.6 Å². The highest BCUT2D eigenvalue weighted by molar-refractivity contribution is 14.1. The Morgan fingerprint density at radius 1 is 1.17 bits per heavy atom. The Bertz CT molecular complexity index is 1080. The molecule has 1 aliphatic carbocycles. The number of alkyl halides is 3. The van der Waals surface area contributed by atoms with E-state index in [1.54, 1.807) is 22.6 Å². The van der Waals surface area contributed by atoms with Crippen molar-refractivity contribution in [2.24, 2.45) is 5.92 Å². The molecule has 0 radical (unpaired) electrons. The Labute approximate surface area is 193 Å². The fourth-order valence-corrected chi connectivity index (χ4v) is 5.16. The lowest BCUT2D eigenvalue weighted by Gasteiger charge is -2.30. The molecule has 1 heterocycles. The average molecular weight is 570 g/mol. The summed E-state index contributed by atoms with van der Waals surface area (Å²) in [6, 6.07) is 6.17. The summed E-state index contributed by atoms with van der Waals surface area (Å²) in [4.78, 5) is 25.9. The first-order valence-corrected chi connectivity index (χ1v) is 10.7. The number of aliphatic hydroxyl groups is 1. The van der Waals surface area contributed by atoms with Gasteiger partial charge in [-0.05, 0) is 52.8 Å². The molecule has 158 valence electrons. The molecule has 4 nitrogen and oxygen atoms in total. The molecular formula is C20H13Cl2F3INO3. The number of fused-ring (bicyclic) bond motifs is 1. The number of hydrogen-bond donors (Lipinski definition) is 1. The Kier molecular flexibility index (Phi) is 5.36. The minimum absolute atomic E-state index is 0.0292. The zero-order chi connectivity index (χ0) is 22.0. The molecule has 0 aromatic heterocycles. The smallest absolute Gasteiger partial charge is 0.372 e. The molecule has 1 fully saturated rings. The lowest BCUT2D eigenvalue weighted by atomic mass is 9.83. The molecule has 1 atom stereocenters. The van der Waals surface area contributed by atoms with Crippen LogP contribution in [0.5, 0.6) is 0 Å². The van der Waals surface area contributed by atoms with Crippen molar-refractivity contribution in [1.82, 2.24) is 0 Å². The van der Waals surface area contributed by atoms with Gasteiger partial charge in [0.2, 0.25) is 0 Å². The van der Waals surface area contributed by atoms with Gasteiger partial charge in [0, 0.05) is 44.1 Å². The van der Waals surface area contributed by atoms with Gasteiger partial charge >= 0.3 is 6.18 Å². The van der Waals surface area contributed by atoms with Gasteiger partial charge < -0.3 is 10.0 Å². The maximum atomic E-state index is 13.9. The zero-order valence-corrected chi connectivity index (χ0v) is 18.7. The largest absolute Gasteiger partial charge is 0.416 e. The lowest BCUT2D eigenvalue weighted by Crippen LogP contribution is -2.45. The molecule has 4 rings (SSSR count). The van der Waals surface area contributed by atoms with Crippen LogP contribution in [0.4, 0.5) is 18.9 Å². The number of anilines is 1. The van der Waals surface area contributed by atoms with Crippen molar-refractivity contribution in [2.75, 3.05) is 11.4 Å². The van der Waals surface area contributed by atoms with E-state index in [-0.39, 0.29) is 56.0 Å². The van der Waals surface area contributed by atoms with Crippen LogP contribution in [0.3, 0.4) is 0 Å². The highest BCUT2D eigenvalue weighted by atomic mass is 127. The van der Waals surface area contributed by atoms with Crippen LogP contribution in [0.15, 0.2) is 30.3 Å². The van der Waals surface area contributed by atoms with Gasteiger partial charge in [-0.15, -0.1) is 0 Å². The summed E-state index contributed by atoms with van der Waals surface area (Å²) in [7, 11) is 0. The SMILES string of the molecule is O=C1CC(CN2C(=O)C(O)(c3ccc(Cl)cc3Cl)c3c2cc(I)cc3C(F)(F)F)C1. The summed E-state index contributed by atoms with van der Waals surface area (Å²) >= 11 is 13.8. The number of amides is 1. The van der Waals surface area contributed by atoms with Gasteiger partial charge in [-0.3, -0.25) is 9.59 Å². The molecule has 2 aliphatic rings. The van der Waals surface area contributed by atoms with Crippen molar-refractivity contribution in [3.05, 3.63) is 60.6 Å². The number of halogens is 6. The number of benzene rings is 2. The van der Waals surface area contributed by atoms with Crippen LogP contribution in [0.25, 0.3) is 0 Å². The highest BCUT2D eigenvalue weighted by Crippen LogP contribution is 2.52. The molecule has 2 aromatic carbocycles. The number of ketones is 1. The highest BCUT2D eigenvalue weighted by Gasteiger charge is 2.57. The van der Waals surface area contributed by atoms with E-state index in [9.17, 15) is 27.9 Å². The van der Waals surface area contributed by atoms with Crippen LogP contribution in [-0.2, 0) is 21.4 Å². The molecule has 1 N–H and O–H groups in total. The van der Waals surface area contributed by atoms with E-state index in [4.69, 9.17) is 23.2 Å². The molecule has 30 heavy (non-hydrogen) atoms. The molecule has 1 aliphatic heterocycles. The second kappa shape index (κ2) is 7.36. The fraction of sp³-hybridized carbons (Fsp3) is 0.300. The van der Waals surface area contributed by atoms with Crippen LogP contribution in [0.2, 0.25) is 10.0 Å². The van der Waals surface area contributed by atoms with Gasteiger partial charge in [0.25, 0.3) is 5.91 Å². The number of carbonyl (C=O) groups excluding carboxylic acids is 2. The second-order valence-corrected chi connectivity index (χ2v) is 9.50. The van der Waals surface area contributed by atoms with Crippen LogP contribution >= 0.6 is 45.8 Å². The number of carbonyl (C=O) groups is 2. The van der Waals surface area contributed by atoms with Crippen molar-refractivity contribution < 1.29 is 27.9 Å². The third-order valence-electron chi connectivity index (χ3n) is 5.39. The van der Waals surface area contributed by atoms with Gasteiger partial charge in [-0.1, -0.05) is 29.3 Å². The van der Waals surface area contributed by atoms with E-state index in [2.05, 4.69) is 0 Å². The van der Waals surface area contributed by atoms with E-state index in [1.807, 2.05) is 0 Å². The van der Waals surface area contributed by atoms with Gasteiger partial charge in [0.05, 0.1) is 11.3 Å². The summed E-state index contributed by atoms with van der Waals surface area (Å²) < 4.78 is 42.1. The first-order valence-electron chi connectivity index (χ1n) is 8.85. The quantitative estimate of drug-likeness (QED) is 0.518. The Morgan fingerprint density at radius 2 is 1.83 bits per heavy atom. The molecule has 2 aromatic rings. The number of rotatable bonds is 3. The van der Waals surface area contributed by atoms with E-state index in [0.717, 1.165) is 11.0 Å². The normalized spacial score (nSPS) is 21.8. The average Bonchev–Trinajstić information content (AvgIpc) is 2.81. The molecule has 10 heteroatoms. The Balaban J connectivity index is 1.97.